The number of halogens is 3. The Balaban J connectivity index is 2.04. The van der Waals surface area contributed by atoms with E-state index in [-0.39, 0.29) is 11.4 Å². The summed E-state index contributed by atoms with van der Waals surface area (Å²) in [6.45, 7) is 0. The maximum absolute atomic E-state index is 13.4. The molecule has 2 nitrogen and oxygen atoms in total. The molecule has 0 bridgehead atoms. The van der Waals surface area contributed by atoms with Crippen molar-refractivity contribution in [3.8, 4) is 0 Å². The first-order valence-corrected chi connectivity index (χ1v) is 7.14. The molecule has 21 heavy (non-hydrogen) atoms. The first kappa shape index (κ1) is 13.9. The minimum atomic E-state index is -4.40. The Bertz CT molecular complexity index is 737. The van der Waals surface area contributed by atoms with Gasteiger partial charge in [-0.2, -0.15) is 13.2 Å². The van der Waals surface area contributed by atoms with Gasteiger partial charge in [0, 0.05) is 16.5 Å². The third-order valence-corrected chi connectivity index (χ3v) is 4.09. The van der Waals surface area contributed by atoms with Gasteiger partial charge in [-0.25, -0.2) is 4.98 Å². The Morgan fingerprint density at radius 3 is 2.52 bits per heavy atom. The highest BCUT2D eigenvalue weighted by Crippen LogP contribution is 2.40. The van der Waals surface area contributed by atoms with Gasteiger partial charge in [0.25, 0.3) is 0 Å². The molecule has 3 aromatic rings. The number of hydrogen-bond acceptors (Lipinski definition) is 3. The van der Waals surface area contributed by atoms with Gasteiger partial charge in [0.1, 0.15) is 5.82 Å². The number of pyridine rings is 1. The monoisotopic (exact) mass is 308 g/mol. The summed E-state index contributed by atoms with van der Waals surface area (Å²) in [5.41, 5.74) is 0.230. The van der Waals surface area contributed by atoms with Crippen molar-refractivity contribution in [1.29, 1.82) is 0 Å². The highest BCUT2D eigenvalue weighted by molar-refractivity contribution is 7.17. The number of rotatable bonds is 3. The molecule has 2 heterocycles. The third-order valence-electron chi connectivity index (χ3n) is 3.11. The highest BCUT2D eigenvalue weighted by Gasteiger charge is 2.42. The van der Waals surface area contributed by atoms with Crippen LogP contribution < -0.4 is 5.32 Å². The van der Waals surface area contributed by atoms with E-state index >= 15 is 0 Å². The van der Waals surface area contributed by atoms with E-state index in [1.54, 1.807) is 29.6 Å². The van der Waals surface area contributed by atoms with Gasteiger partial charge >= 0.3 is 6.18 Å². The van der Waals surface area contributed by atoms with Gasteiger partial charge in [-0.3, -0.25) is 0 Å². The summed E-state index contributed by atoms with van der Waals surface area (Å²) >= 11 is 1.31. The molecule has 0 fully saturated rings. The summed E-state index contributed by atoms with van der Waals surface area (Å²) in [5, 5.41) is 4.66. The number of aromatic nitrogens is 1. The number of anilines is 1. The van der Waals surface area contributed by atoms with Gasteiger partial charge in [-0.1, -0.05) is 24.3 Å². The summed E-state index contributed by atoms with van der Waals surface area (Å²) < 4.78 is 41.1. The lowest BCUT2D eigenvalue weighted by molar-refractivity contribution is -0.143. The smallest absolute Gasteiger partial charge is 0.355 e. The number of alkyl halides is 3. The van der Waals surface area contributed by atoms with Crippen LogP contribution in [0.4, 0.5) is 19.0 Å². The Hall–Kier alpha value is -2.08. The fraction of sp³-hybridized carbons (Fsp3) is 0.133. The zero-order chi connectivity index (χ0) is 14.9. The fourth-order valence-corrected chi connectivity index (χ4v) is 3.14. The second-order valence-corrected chi connectivity index (χ2v) is 5.43. The van der Waals surface area contributed by atoms with Gasteiger partial charge < -0.3 is 5.32 Å². The van der Waals surface area contributed by atoms with Gasteiger partial charge in [0.15, 0.2) is 6.04 Å². The molecule has 0 saturated heterocycles. The summed E-state index contributed by atoms with van der Waals surface area (Å²) in [5.74, 6) is 0.204. The van der Waals surface area contributed by atoms with Crippen molar-refractivity contribution in [3.63, 3.8) is 0 Å². The quantitative estimate of drug-likeness (QED) is 0.735. The zero-order valence-corrected chi connectivity index (χ0v) is 11.6. The van der Waals surface area contributed by atoms with E-state index in [1.807, 2.05) is 12.1 Å². The number of nitrogens with zero attached hydrogens (tertiary/aromatic N) is 1. The fourth-order valence-electron chi connectivity index (χ4n) is 2.15. The van der Waals surface area contributed by atoms with E-state index in [0.717, 1.165) is 4.70 Å². The van der Waals surface area contributed by atoms with Crippen molar-refractivity contribution in [2.45, 2.75) is 12.2 Å². The molecule has 0 spiro atoms. The maximum atomic E-state index is 13.4. The van der Waals surface area contributed by atoms with E-state index < -0.39 is 12.2 Å². The topological polar surface area (TPSA) is 24.9 Å². The van der Waals surface area contributed by atoms with Gasteiger partial charge in [-0.05, 0) is 29.0 Å². The summed E-state index contributed by atoms with van der Waals surface area (Å²) in [7, 11) is 0. The second-order valence-electron chi connectivity index (χ2n) is 4.52. The van der Waals surface area contributed by atoms with E-state index in [0.29, 0.717) is 5.39 Å². The molecule has 0 saturated carbocycles. The van der Waals surface area contributed by atoms with Crippen LogP contribution in [0.25, 0.3) is 10.1 Å². The molecule has 0 aliphatic heterocycles. The average molecular weight is 308 g/mol. The van der Waals surface area contributed by atoms with Crippen LogP contribution >= 0.6 is 11.3 Å². The molecule has 1 N–H and O–H groups in total. The van der Waals surface area contributed by atoms with E-state index in [1.165, 1.54) is 23.6 Å². The zero-order valence-electron chi connectivity index (χ0n) is 10.8. The van der Waals surface area contributed by atoms with Crippen molar-refractivity contribution >= 4 is 27.2 Å². The van der Waals surface area contributed by atoms with Crippen LogP contribution in [0, 0.1) is 0 Å². The first-order valence-electron chi connectivity index (χ1n) is 6.26. The maximum Gasteiger partial charge on any atom is 0.412 e. The largest absolute Gasteiger partial charge is 0.412 e. The molecule has 0 radical (unpaired) electrons. The summed E-state index contributed by atoms with van der Waals surface area (Å²) in [6.07, 6.45) is -2.94. The van der Waals surface area contributed by atoms with Crippen molar-refractivity contribution in [2.75, 3.05) is 5.32 Å². The molecule has 108 valence electrons. The van der Waals surface area contributed by atoms with E-state index in [2.05, 4.69) is 10.3 Å². The van der Waals surface area contributed by atoms with Crippen LogP contribution in [0.1, 0.15) is 11.6 Å². The van der Waals surface area contributed by atoms with Crippen molar-refractivity contribution in [2.24, 2.45) is 0 Å². The SMILES string of the molecule is FC(F)(F)C(Nc1ccccn1)c1csc2ccccc12. The highest BCUT2D eigenvalue weighted by atomic mass is 32.1. The molecule has 3 rings (SSSR count). The molecule has 1 atom stereocenters. The summed E-state index contributed by atoms with van der Waals surface area (Å²) in [6, 6.07) is 10.1. The Morgan fingerprint density at radius 2 is 1.81 bits per heavy atom. The standard InChI is InChI=1S/C15H11F3N2S/c16-15(17,18)14(20-13-7-3-4-8-19-13)11-9-21-12-6-2-1-5-10(11)12/h1-9,14H,(H,19,20). The number of hydrogen-bond donors (Lipinski definition) is 1. The Labute approximate surface area is 123 Å². The van der Waals surface area contributed by atoms with Gasteiger partial charge in [0.2, 0.25) is 0 Å². The van der Waals surface area contributed by atoms with E-state index in [4.69, 9.17) is 0 Å². The van der Waals surface area contributed by atoms with Crippen LogP contribution in [-0.4, -0.2) is 11.2 Å². The normalized spacial score (nSPS) is 13.3. The molecule has 1 aromatic carbocycles. The number of fused-ring (bicyclic) bond motifs is 1. The lowest BCUT2D eigenvalue weighted by Gasteiger charge is -2.22. The number of thiophene rings is 1. The van der Waals surface area contributed by atoms with Crippen LogP contribution in [0.15, 0.2) is 54.0 Å². The number of nitrogens with one attached hydrogen (secondary N) is 1. The van der Waals surface area contributed by atoms with E-state index in [9.17, 15) is 13.2 Å². The van der Waals surface area contributed by atoms with Crippen molar-refractivity contribution in [1.82, 2.24) is 4.98 Å². The molecule has 0 amide bonds. The molecule has 6 heteroatoms. The minimum absolute atomic E-state index is 0.204. The van der Waals surface area contributed by atoms with Crippen molar-refractivity contribution in [3.05, 3.63) is 59.6 Å². The molecule has 0 aliphatic rings. The molecular formula is C15H11F3N2S. The number of benzene rings is 1. The predicted molar refractivity (Wildman–Crippen MR) is 78.5 cm³/mol. The Morgan fingerprint density at radius 1 is 1.05 bits per heavy atom. The minimum Gasteiger partial charge on any atom is -0.355 e. The third kappa shape index (κ3) is 2.85. The van der Waals surface area contributed by atoms with Gasteiger partial charge in [0.05, 0.1) is 0 Å². The summed E-state index contributed by atoms with van der Waals surface area (Å²) in [4.78, 5) is 3.91. The lowest BCUT2D eigenvalue weighted by Crippen LogP contribution is -2.28. The van der Waals surface area contributed by atoms with Crippen LogP contribution in [0.5, 0.6) is 0 Å². The molecule has 2 aromatic heterocycles. The lowest BCUT2D eigenvalue weighted by atomic mass is 10.1. The van der Waals surface area contributed by atoms with Crippen LogP contribution in [0.3, 0.4) is 0 Å². The first-order chi connectivity index (χ1) is 10.1. The average Bonchev–Trinajstić information content (AvgIpc) is 2.88. The van der Waals surface area contributed by atoms with Gasteiger partial charge in [-0.15, -0.1) is 11.3 Å². The second kappa shape index (κ2) is 5.37. The molecular weight excluding hydrogens is 297 g/mol. The van der Waals surface area contributed by atoms with Crippen LogP contribution in [0.2, 0.25) is 0 Å². The van der Waals surface area contributed by atoms with Crippen molar-refractivity contribution < 1.29 is 13.2 Å². The Kier molecular flexibility index (Phi) is 3.55. The molecule has 0 aliphatic carbocycles. The molecule has 1 unspecified atom stereocenters. The van der Waals surface area contributed by atoms with Crippen LogP contribution in [-0.2, 0) is 0 Å². The predicted octanol–water partition coefficient (Wildman–Crippen LogP) is 5.01.